The molecule has 0 saturated carbocycles. The van der Waals surface area contributed by atoms with Crippen LogP contribution in [0, 0.1) is 0 Å². The monoisotopic (exact) mass is 289 g/mol. The minimum absolute atomic E-state index is 0.00181. The standard InChI is InChI=1S/C11H12FNO5S/c12-8-4-13(5-9(8)14)19(15,16)7-1-2-10-11(3-7)18-6-17-10/h1-3,8-9,14H,4-6H2/t8-,9-/m1/s1. The lowest BCUT2D eigenvalue weighted by molar-refractivity contribution is 0.117. The molecule has 104 valence electrons. The molecule has 0 unspecified atom stereocenters. The van der Waals surface area contributed by atoms with Gasteiger partial charge in [-0.25, -0.2) is 12.8 Å². The second-order valence-corrected chi connectivity index (χ2v) is 6.36. The molecule has 2 aliphatic heterocycles. The fourth-order valence-electron chi connectivity index (χ4n) is 2.10. The number of β-amino-alcohol motifs (C(OH)–C–C–N with tert-alkyl or cyclic N) is 1. The number of hydrogen-bond acceptors (Lipinski definition) is 5. The maximum Gasteiger partial charge on any atom is 0.243 e. The van der Waals surface area contributed by atoms with Crippen molar-refractivity contribution in [3.8, 4) is 11.5 Å². The Morgan fingerprint density at radius 1 is 1.26 bits per heavy atom. The van der Waals surface area contributed by atoms with Gasteiger partial charge in [-0.15, -0.1) is 0 Å². The van der Waals surface area contributed by atoms with Gasteiger partial charge in [0, 0.05) is 19.2 Å². The number of alkyl halides is 1. The van der Waals surface area contributed by atoms with Crippen LogP contribution in [0.4, 0.5) is 4.39 Å². The van der Waals surface area contributed by atoms with E-state index in [2.05, 4.69) is 0 Å². The summed E-state index contributed by atoms with van der Waals surface area (Å²) in [5.74, 6) is 0.821. The molecule has 0 spiro atoms. The summed E-state index contributed by atoms with van der Waals surface area (Å²) in [6.45, 7) is -0.524. The Hall–Kier alpha value is -1.38. The number of aliphatic hydroxyl groups is 1. The van der Waals surface area contributed by atoms with Crippen molar-refractivity contribution in [2.24, 2.45) is 0 Å². The van der Waals surface area contributed by atoms with Gasteiger partial charge in [-0.3, -0.25) is 0 Å². The van der Waals surface area contributed by atoms with Crippen LogP contribution >= 0.6 is 0 Å². The van der Waals surface area contributed by atoms with Crippen molar-refractivity contribution in [1.82, 2.24) is 4.31 Å². The molecule has 1 aromatic rings. The average Bonchev–Trinajstić information content (AvgIpc) is 2.96. The van der Waals surface area contributed by atoms with Crippen LogP contribution in [0.25, 0.3) is 0 Å². The summed E-state index contributed by atoms with van der Waals surface area (Å²) in [6.07, 6.45) is -2.83. The number of rotatable bonds is 2. The van der Waals surface area contributed by atoms with E-state index in [4.69, 9.17) is 9.47 Å². The second kappa shape index (κ2) is 4.32. The first-order chi connectivity index (χ1) is 8.98. The molecule has 0 aliphatic carbocycles. The van der Waals surface area contributed by atoms with E-state index in [1.165, 1.54) is 18.2 Å². The van der Waals surface area contributed by atoms with Gasteiger partial charge >= 0.3 is 0 Å². The van der Waals surface area contributed by atoms with E-state index in [0.717, 1.165) is 4.31 Å². The molecule has 1 saturated heterocycles. The molecule has 0 amide bonds. The molecule has 1 fully saturated rings. The number of fused-ring (bicyclic) bond motifs is 1. The van der Waals surface area contributed by atoms with Crippen LogP contribution in [0.3, 0.4) is 0 Å². The lowest BCUT2D eigenvalue weighted by Crippen LogP contribution is -2.29. The smallest absolute Gasteiger partial charge is 0.243 e. The van der Waals surface area contributed by atoms with E-state index in [9.17, 15) is 17.9 Å². The molecule has 6 nitrogen and oxygen atoms in total. The molecule has 1 N–H and O–H groups in total. The fraction of sp³-hybridized carbons (Fsp3) is 0.455. The van der Waals surface area contributed by atoms with Crippen LogP contribution in [-0.2, 0) is 10.0 Å². The van der Waals surface area contributed by atoms with Crippen molar-refractivity contribution in [3.63, 3.8) is 0 Å². The van der Waals surface area contributed by atoms with Crippen LogP contribution in [-0.4, -0.2) is 50.0 Å². The summed E-state index contributed by atoms with van der Waals surface area (Å²) in [6, 6.07) is 4.21. The van der Waals surface area contributed by atoms with Gasteiger partial charge in [0.1, 0.15) is 12.3 Å². The zero-order valence-electron chi connectivity index (χ0n) is 9.82. The number of sulfonamides is 1. The van der Waals surface area contributed by atoms with E-state index in [0.29, 0.717) is 11.5 Å². The molecular formula is C11H12FNO5S. The Morgan fingerprint density at radius 3 is 2.68 bits per heavy atom. The third-order valence-corrected chi connectivity index (χ3v) is 5.00. The molecule has 2 aliphatic rings. The second-order valence-electron chi connectivity index (χ2n) is 4.42. The van der Waals surface area contributed by atoms with Crippen LogP contribution < -0.4 is 9.47 Å². The van der Waals surface area contributed by atoms with Crippen LogP contribution in [0.2, 0.25) is 0 Å². The topological polar surface area (TPSA) is 76.1 Å². The average molecular weight is 289 g/mol. The summed E-state index contributed by atoms with van der Waals surface area (Å²) in [5, 5.41) is 9.31. The van der Waals surface area contributed by atoms with Crippen molar-refractivity contribution in [3.05, 3.63) is 18.2 Å². The minimum Gasteiger partial charge on any atom is -0.454 e. The maximum absolute atomic E-state index is 13.2. The molecule has 8 heteroatoms. The quantitative estimate of drug-likeness (QED) is 0.837. The van der Waals surface area contributed by atoms with Crippen molar-refractivity contribution >= 4 is 10.0 Å². The minimum atomic E-state index is -3.83. The van der Waals surface area contributed by atoms with Crippen LogP contribution in [0.5, 0.6) is 11.5 Å². The summed E-state index contributed by atoms with van der Waals surface area (Å²) in [5.41, 5.74) is 0. The Bertz CT molecular complexity index is 595. The number of nitrogens with zero attached hydrogens (tertiary/aromatic N) is 1. The molecule has 2 atom stereocenters. The Balaban J connectivity index is 1.93. The van der Waals surface area contributed by atoms with Gasteiger partial charge in [0.2, 0.25) is 16.8 Å². The first-order valence-electron chi connectivity index (χ1n) is 5.70. The highest BCUT2D eigenvalue weighted by Crippen LogP contribution is 2.35. The van der Waals surface area contributed by atoms with Crippen molar-refractivity contribution in [1.29, 1.82) is 0 Å². The SMILES string of the molecule is O=S(=O)(c1ccc2c(c1)OCO2)N1C[C@@H](O)[C@H](F)C1. The van der Waals surface area contributed by atoms with Crippen molar-refractivity contribution < 1.29 is 27.4 Å². The number of aliphatic hydroxyl groups excluding tert-OH is 1. The molecule has 0 bridgehead atoms. The van der Waals surface area contributed by atoms with Crippen LogP contribution in [0.15, 0.2) is 23.1 Å². The Kier molecular flexibility index (Phi) is 2.88. The lowest BCUT2D eigenvalue weighted by Gasteiger charge is -2.15. The third-order valence-electron chi connectivity index (χ3n) is 3.17. The van der Waals surface area contributed by atoms with Gasteiger partial charge in [-0.05, 0) is 12.1 Å². The zero-order chi connectivity index (χ0) is 13.6. The number of ether oxygens (including phenoxy) is 2. The van der Waals surface area contributed by atoms with Crippen molar-refractivity contribution in [2.75, 3.05) is 19.9 Å². The molecule has 19 heavy (non-hydrogen) atoms. The number of benzene rings is 1. The largest absolute Gasteiger partial charge is 0.454 e. The highest BCUT2D eigenvalue weighted by Gasteiger charge is 2.39. The summed E-state index contributed by atoms with van der Waals surface area (Å²) in [7, 11) is -3.83. The maximum atomic E-state index is 13.2. The van der Waals surface area contributed by atoms with E-state index in [1.54, 1.807) is 0 Å². The summed E-state index contributed by atoms with van der Waals surface area (Å²) < 4.78 is 48.9. The Labute approximate surface area is 109 Å². The summed E-state index contributed by atoms with van der Waals surface area (Å²) in [4.78, 5) is -0.00181. The van der Waals surface area contributed by atoms with Gasteiger partial charge in [0.25, 0.3) is 0 Å². The molecule has 0 radical (unpaired) electrons. The summed E-state index contributed by atoms with van der Waals surface area (Å²) >= 11 is 0. The van der Waals surface area contributed by atoms with Gasteiger partial charge in [-0.1, -0.05) is 0 Å². The lowest BCUT2D eigenvalue weighted by atomic mass is 10.3. The highest BCUT2D eigenvalue weighted by atomic mass is 32.2. The number of halogens is 1. The van der Waals surface area contributed by atoms with Gasteiger partial charge in [0.15, 0.2) is 11.5 Å². The normalized spacial score (nSPS) is 26.8. The molecule has 3 rings (SSSR count). The van der Waals surface area contributed by atoms with Gasteiger partial charge in [-0.2, -0.15) is 4.31 Å². The highest BCUT2D eigenvalue weighted by molar-refractivity contribution is 7.89. The third kappa shape index (κ3) is 2.05. The number of hydrogen-bond donors (Lipinski definition) is 1. The van der Waals surface area contributed by atoms with E-state index in [1.807, 2.05) is 0 Å². The zero-order valence-corrected chi connectivity index (χ0v) is 10.6. The van der Waals surface area contributed by atoms with Gasteiger partial charge < -0.3 is 14.6 Å². The van der Waals surface area contributed by atoms with Gasteiger partial charge in [0.05, 0.1) is 4.90 Å². The van der Waals surface area contributed by atoms with Crippen molar-refractivity contribution in [2.45, 2.75) is 17.2 Å². The Morgan fingerprint density at radius 2 is 2.00 bits per heavy atom. The van der Waals surface area contributed by atoms with E-state index < -0.39 is 22.3 Å². The van der Waals surface area contributed by atoms with E-state index in [-0.39, 0.29) is 24.8 Å². The first kappa shape index (κ1) is 12.6. The first-order valence-corrected chi connectivity index (χ1v) is 7.14. The van der Waals surface area contributed by atoms with Crippen LogP contribution in [0.1, 0.15) is 0 Å². The molecular weight excluding hydrogens is 277 g/mol. The molecule has 0 aromatic heterocycles. The predicted molar refractivity (Wildman–Crippen MR) is 62.2 cm³/mol. The molecule has 2 heterocycles. The van der Waals surface area contributed by atoms with E-state index >= 15 is 0 Å². The predicted octanol–water partition coefficient (Wildman–Crippen LogP) is 0.119. The molecule has 1 aromatic carbocycles. The fourth-order valence-corrected chi connectivity index (χ4v) is 3.58.